The Labute approximate surface area is 131 Å². The Kier molecular flexibility index (Phi) is 5.12. The molecule has 2 rings (SSSR count). The zero-order chi connectivity index (χ0) is 16.4. The highest BCUT2D eigenvalue weighted by atomic mass is 16.7. The van der Waals surface area contributed by atoms with Crippen LogP contribution in [0.4, 0.5) is 0 Å². The first-order chi connectivity index (χ1) is 10.2. The van der Waals surface area contributed by atoms with E-state index < -0.39 is 29.2 Å². The summed E-state index contributed by atoms with van der Waals surface area (Å²) in [6, 6.07) is 0. The number of carbonyl (C=O) groups excluding carboxylic acids is 1. The summed E-state index contributed by atoms with van der Waals surface area (Å²) in [5, 5.41) is 9.46. The van der Waals surface area contributed by atoms with Gasteiger partial charge in [-0.1, -0.05) is 0 Å². The highest BCUT2D eigenvalue weighted by molar-refractivity contribution is 5.79. The molecule has 2 fully saturated rings. The van der Waals surface area contributed by atoms with Gasteiger partial charge in [0.1, 0.15) is 5.60 Å². The van der Waals surface area contributed by atoms with Gasteiger partial charge in [-0.2, -0.15) is 0 Å². The Bertz CT molecular complexity index is 409. The van der Waals surface area contributed by atoms with Crippen molar-refractivity contribution in [3.63, 3.8) is 0 Å². The quantitative estimate of drug-likeness (QED) is 0.802. The maximum atomic E-state index is 11.9. The van der Waals surface area contributed by atoms with Crippen molar-refractivity contribution in [1.82, 2.24) is 0 Å². The van der Waals surface area contributed by atoms with Gasteiger partial charge in [-0.05, 0) is 39.5 Å². The minimum atomic E-state index is -0.930. The molecular weight excluding hydrogens is 288 g/mol. The van der Waals surface area contributed by atoms with Gasteiger partial charge in [-0.25, -0.2) is 0 Å². The fourth-order valence-corrected chi connectivity index (χ4v) is 3.29. The second kappa shape index (κ2) is 6.54. The van der Waals surface area contributed by atoms with Crippen LogP contribution in [-0.2, 0) is 23.8 Å². The molecule has 6 nitrogen and oxygen atoms in total. The average molecular weight is 314 g/mol. The molecule has 2 aliphatic rings. The molecule has 1 heterocycles. The lowest BCUT2D eigenvalue weighted by Crippen LogP contribution is -2.39. The van der Waals surface area contributed by atoms with Gasteiger partial charge in [-0.15, -0.1) is 0 Å². The van der Waals surface area contributed by atoms with E-state index in [1.54, 1.807) is 20.8 Å². The standard InChI is InChI=1S/C16H26O6/c1-15(2,3)22-13(17)10-12(14(18)19)11-4-6-16(7-5-11)20-8-9-21-16/h11-12H,4-10H2,1-3H3,(H,18,19). The molecule has 6 heteroatoms. The zero-order valence-corrected chi connectivity index (χ0v) is 13.6. The predicted molar refractivity (Wildman–Crippen MR) is 78.2 cm³/mol. The lowest BCUT2D eigenvalue weighted by molar-refractivity contribution is -0.188. The van der Waals surface area contributed by atoms with Gasteiger partial charge >= 0.3 is 11.9 Å². The second-order valence-corrected chi connectivity index (χ2v) is 7.18. The van der Waals surface area contributed by atoms with Gasteiger partial charge in [0.15, 0.2) is 5.79 Å². The van der Waals surface area contributed by atoms with Crippen LogP contribution in [0.3, 0.4) is 0 Å². The van der Waals surface area contributed by atoms with Crippen LogP contribution in [0.25, 0.3) is 0 Å². The van der Waals surface area contributed by atoms with Crippen LogP contribution >= 0.6 is 0 Å². The topological polar surface area (TPSA) is 82.1 Å². The van der Waals surface area contributed by atoms with E-state index in [0.29, 0.717) is 38.9 Å². The SMILES string of the molecule is CC(C)(C)OC(=O)CC(C(=O)O)C1CCC2(CC1)OCCO2. The number of ether oxygens (including phenoxy) is 3. The summed E-state index contributed by atoms with van der Waals surface area (Å²) in [6.07, 6.45) is 2.69. The summed E-state index contributed by atoms with van der Waals surface area (Å²) in [7, 11) is 0. The molecule has 22 heavy (non-hydrogen) atoms. The van der Waals surface area contributed by atoms with Crippen LogP contribution in [0.15, 0.2) is 0 Å². The Morgan fingerprint density at radius 1 is 1.23 bits per heavy atom. The number of esters is 1. The number of rotatable bonds is 4. The van der Waals surface area contributed by atoms with Gasteiger partial charge < -0.3 is 19.3 Å². The van der Waals surface area contributed by atoms with Crippen LogP contribution < -0.4 is 0 Å². The van der Waals surface area contributed by atoms with E-state index in [1.807, 2.05) is 0 Å². The van der Waals surface area contributed by atoms with E-state index in [9.17, 15) is 14.7 Å². The smallest absolute Gasteiger partial charge is 0.307 e. The van der Waals surface area contributed by atoms with Crippen molar-refractivity contribution in [3.8, 4) is 0 Å². The molecule has 1 aliphatic heterocycles. The van der Waals surface area contributed by atoms with Crippen molar-refractivity contribution in [1.29, 1.82) is 0 Å². The van der Waals surface area contributed by atoms with E-state index in [-0.39, 0.29) is 12.3 Å². The number of carbonyl (C=O) groups is 2. The minimum Gasteiger partial charge on any atom is -0.481 e. The molecule has 0 aromatic heterocycles. The van der Waals surface area contributed by atoms with E-state index in [0.717, 1.165) is 0 Å². The summed E-state index contributed by atoms with van der Waals surface area (Å²) in [5.74, 6) is -2.63. The monoisotopic (exact) mass is 314 g/mol. The molecule has 1 aliphatic carbocycles. The maximum Gasteiger partial charge on any atom is 0.307 e. The van der Waals surface area contributed by atoms with Crippen LogP contribution in [0.2, 0.25) is 0 Å². The van der Waals surface area contributed by atoms with Gasteiger partial charge in [0.2, 0.25) is 0 Å². The van der Waals surface area contributed by atoms with Gasteiger partial charge in [0.05, 0.1) is 25.6 Å². The molecule has 1 unspecified atom stereocenters. The third kappa shape index (κ3) is 4.43. The van der Waals surface area contributed by atoms with Crippen molar-refractivity contribution in [2.75, 3.05) is 13.2 Å². The number of aliphatic carboxylic acids is 1. The van der Waals surface area contributed by atoms with Crippen molar-refractivity contribution >= 4 is 11.9 Å². The molecule has 0 aromatic rings. The lowest BCUT2D eigenvalue weighted by atomic mass is 9.76. The molecule has 0 bridgehead atoms. The molecule has 0 aromatic carbocycles. The van der Waals surface area contributed by atoms with E-state index >= 15 is 0 Å². The average Bonchev–Trinajstić information content (AvgIpc) is 2.83. The second-order valence-electron chi connectivity index (χ2n) is 7.18. The number of hydrogen-bond acceptors (Lipinski definition) is 5. The maximum absolute atomic E-state index is 11.9. The Hall–Kier alpha value is -1.14. The summed E-state index contributed by atoms with van der Waals surface area (Å²) in [4.78, 5) is 23.5. The summed E-state index contributed by atoms with van der Waals surface area (Å²) < 4.78 is 16.6. The van der Waals surface area contributed by atoms with Gasteiger partial charge in [-0.3, -0.25) is 9.59 Å². The first-order valence-electron chi connectivity index (χ1n) is 7.93. The van der Waals surface area contributed by atoms with E-state index in [4.69, 9.17) is 14.2 Å². The molecule has 1 N–H and O–H groups in total. The van der Waals surface area contributed by atoms with Crippen LogP contribution in [-0.4, -0.2) is 41.6 Å². The number of carboxylic acid groups (broad SMARTS) is 1. The predicted octanol–water partition coefficient (Wildman–Crippen LogP) is 2.35. The number of carboxylic acids is 1. The van der Waals surface area contributed by atoms with Crippen molar-refractivity contribution < 1.29 is 28.9 Å². The first-order valence-corrected chi connectivity index (χ1v) is 7.93. The van der Waals surface area contributed by atoms with Crippen LogP contribution in [0, 0.1) is 11.8 Å². The molecule has 1 atom stereocenters. The molecule has 126 valence electrons. The van der Waals surface area contributed by atoms with Crippen molar-refractivity contribution in [2.45, 2.75) is 64.3 Å². The molecular formula is C16H26O6. The summed E-state index contributed by atoms with van der Waals surface area (Å²) in [5.41, 5.74) is -0.595. The normalized spacial score (nSPS) is 23.4. The molecule has 1 saturated carbocycles. The van der Waals surface area contributed by atoms with Crippen LogP contribution in [0.1, 0.15) is 52.9 Å². The first kappa shape index (κ1) is 17.2. The molecule has 1 spiro atoms. The van der Waals surface area contributed by atoms with Gasteiger partial charge in [0.25, 0.3) is 0 Å². The van der Waals surface area contributed by atoms with Gasteiger partial charge in [0, 0.05) is 12.8 Å². The van der Waals surface area contributed by atoms with E-state index in [1.165, 1.54) is 0 Å². The third-order valence-electron chi connectivity index (χ3n) is 4.30. The van der Waals surface area contributed by atoms with Crippen molar-refractivity contribution in [3.05, 3.63) is 0 Å². The highest BCUT2D eigenvalue weighted by Crippen LogP contribution is 2.41. The Balaban J connectivity index is 1.92. The summed E-state index contributed by atoms with van der Waals surface area (Å²) in [6.45, 7) is 6.54. The fourth-order valence-electron chi connectivity index (χ4n) is 3.29. The lowest BCUT2D eigenvalue weighted by Gasteiger charge is -2.37. The largest absolute Gasteiger partial charge is 0.481 e. The zero-order valence-electron chi connectivity index (χ0n) is 13.6. The Morgan fingerprint density at radius 2 is 1.77 bits per heavy atom. The molecule has 0 radical (unpaired) electrons. The Morgan fingerprint density at radius 3 is 2.23 bits per heavy atom. The number of hydrogen-bond donors (Lipinski definition) is 1. The van der Waals surface area contributed by atoms with Crippen LogP contribution in [0.5, 0.6) is 0 Å². The van der Waals surface area contributed by atoms with Crippen molar-refractivity contribution in [2.24, 2.45) is 11.8 Å². The van der Waals surface area contributed by atoms with E-state index in [2.05, 4.69) is 0 Å². The highest BCUT2D eigenvalue weighted by Gasteiger charge is 2.43. The minimum absolute atomic E-state index is 0.0385. The fraction of sp³-hybridized carbons (Fsp3) is 0.875. The summed E-state index contributed by atoms with van der Waals surface area (Å²) >= 11 is 0. The molecule has 0 amide bonds. The third-order valence-corrected chi connectivity index (χ3v) is 4.30. The molecule has 1 saturated heterocycles.